The maximum absolute atomic E-state index is 12.1. The number of halogens is 3. The molecule has 0 fully saturated rings. The molecule has 2 rings (SSSR count). The van der Waals surface area contributed by atoms with Gasteiger partial charge in [0.25, 0.3) is 0 Å². The fourth-order valence-electron chi connectivity index (χ4n) is 1.96. The summed E-state index contributed by atoms with van der Waals surface area (Å²) in [5.41, 5.74) is 4.02. The lowest BCUT2D eigenvalue weighted by molar-refractivity contribution is -0.135. The van der Waals surface area contributed by atoms with Crippen LogP contribution in [-0.2, 0) is 0 Å². The van der Waals surface area contributed by atoms with Gasteiger partial charge in [-0.05, 0) is 12.8 Å². The van der Waals surface area contributed by atoms with Gasteiger partial charge in [0.05, 0.1) is 17.9 Å². The average molecular weight is 273 g/mol. The van der Waals surface area contributed by atoms with Gasteiger partial charge in [0.15, 0.2) is 0 Å². The van der Waals surface area contributed by atoms with Crippen LogP contribution < -0.4 is 11.3 Å². The zero-order valence-corrected chi connectivity index (χ0v) is 10.1. The molecule has 0 saturated heterocycles. The van der Waals surface area contributed by atoms with Crippen molar-refractivity contribution in [3.8, 4) is 0 Å². The standard InChI is InChI=1S/C11H14F3N5/c12-11(13,14)3-1-2-9(18-15)8-6-17-19-5-4-16-7-10(8)19/h4-7,9,18H,1-3,15H2. The van der Waals surface area contributed by atoms with E-state index in [2.05, 4.69) is 15.5 Å². The number of hydrazine groups is 1. The molecule has 0 aliphatic heterocycles. The van der Waals surface area contributed by atoms with E-state index in [0.29, 0.717) is 0 Å². The molecular formula is C11H14F3N5. The van der Waals surface area contributed by atoms with E-state index >= 15 is 0 Å². The van der Waals surface area contributed by atoms with Crippen molar-refractivity contribution in [3.05, 3.63) is 30.4 Å². The Balaban J connectivity index is 2.09. The largest absolute Gasteiger partial charge is 0.389 e. The van der Waals surface area contributed by atoms with E-state index in [1.807, 2.05) is 0 Å². The molecule has 2 aromatic heterocycles. The highest BCUT2D eigenvalue weighted by atomic mass is 19.4. The fourth-order valence-corrected chi connectivity index (χ4v) is 1.96. The highest BCUT2D eigenvalue weighted by Gasteiger charge is 2.27. The molecule has 104 valence electrons. The van der Waals surface area contributed by atoms with Crippen LogP contribution in [0.2, 0.25) is 0 Å². The van der Waals surface area contributed by atoms with Gasteiger partial charge in [-0.1, -0.05) is 0 Å². The molecule has 0 saturated carbocycles. The molecule has 19 heavy (non-hydrogen) atoms. The van der Waals surface area contributed by atoms with E-state index in [-0.39, 0.29) is 18.9 Å². The highest BCUT2D eigenvalue weighted by Crippen LogP contribution is 2.27. The molecule has 5 nitrogen and oxygen atoms in total. The van der Waals surface area contributed by atoms with Gasteiger partial charge in [0.2, 0.25) is 0 Å². The minimum atomic E-state index is -4.14. The smallest absolute Gasteiger partial charge is 0.271 e. The van der Waals surface area contributed by atoms with Gasteiger partial charge in [-0.25, -0.2) is 4.52 Å². The molecule has 0 aliphatic carbocycles. The second-order valence-electron chi connectivity index (χ2n) is 4.23. The first kappa shape index (κ1) is 13.8. The Labute approximate surface area is 107 Å². The van der Waals surface area contributed by atoms with E-state index < -0.39 is 12.6 Å². The maximum atomic E-state index is 12.1. The van der Waals surface area contributed by atoms with Gasteiger partial charge < -0.3 is 0 Å². The summed E-state index contributed by atoms with van der Waals surface area (Å²) < 4.78 is 38.0. The van der Waals surface area contributed by atoms with Crippen molar-refractivity contribution in [2.45, 2.75) is 31.5 Å². The van der Waals surface area contributed by atoms with E-state index in [1.165, 1.54) is 0 Å². The van der Waals surface area contributed by atoms with Crippen LogP contribution in [0.25, 0.3) is 5.52 Å². The Morgan fingerprint density at radius 2 is 2.16 bits per heavy atom. The van der Waals surface area contributed by atoms with E-state index in [1.54, 1.807) is 29.3 Å². The number of rotatable bonds is 5. The molecule has 0 spiro atoms. The Kier molecular flexibility index (Phi) is 4.01. The highest BCUT2D eigenvalue weighted by molar-refractivity contribution is 5.53. The summed E-state index contributed by atoms with van der Waals surface area (Å²) in [7, 11) is 0. The van der Waals surface area contributed by atoms with E-state index in [0.717, 1.165) is 11.1 Å². The Bertz CT molecular complexity index is 536. The van der Waals surface area contributed by atoms with Crippen molar-refractivity contribution in [2.75, 3.05) is 0 Å². The number of nitrogens with two attached hydrogens (primary N) is 1. The third-order valence-corrected chi connectivity index (χ3v) is 2.88. The lowest BCUT2D eigenvalue weighted by Gasteiger charge is -2.15. The summed E-state index contributed by atoms with van der Waals surface area (Å²) in [6.07, 6.45) is 1.79. The minimum absolute atomic E-state index is 0.00989. The molecule has 0 aromatic carbocycles. The van der Waals surface area contributed by atoms with Crippen molar-refractivity contribution in [3.63, 3.8) is 0 Å². The van der Waals surface area contributed by atoms with Crippen molar-refractivity contribution < 1.29 is 13.2 Å². The van der Waals surface area contributed by atoms with Crippen LogP contribution >= 0.6 is 0 Å². The second kappa shape index (κ2) is 5.54. The molecule has 8 heteroatoms. The molecule has 3 N–H and O–H groups in total. The maximum Gasteiger partial charge on any atom is 0.389 e. The molecule has 0 amide bonds. The Morgan fingerprint density at radius 1 is 1.37 bits per heavy atom. The number of nitrogens with zero attached hydrogens (tertiary/aromatic N) is 3. The molecule has 2 aromatic rings. The summed E-state index contributed by atoms with van der Waals surface area (Å²) in [6.45, 7) is 0. The van der Waals surface area contributed by atoms with Gasteiger partial charge in [-0.15, -0.1) is 0 Å². The molecule has 2 heterocycles. The topological polar surface area (TPSA) is 68.2 Å². The van der Waals surface area contributed by atoms with Crippen LogP contribution in [0.3, 0.4) is 0 Å². The van der Waals surface area contributed by atoms with Crippen LogP contribution in [0.4, 0.5) is 13.2 Å². The molecule has 0 aliphatic rings. The summed E-state index contributed by atoms with van der Waals surface area (Å²) >= 11 is 0. The molecular weight excluding hydrogens is 259 g/mol. The molecule has 0 radical (unpaired) electrons. The third kappa shape index (κ3) is 3.42. The van der Waals surface area contributed by atoms with Crippen molar-refractivity contribution in [1.82, 2.24) is 20.0 Å². The minimum Gasteiger partial charge on any atom is -0.271 e. The quantitative estimate of drug-likeness (QED) is 0.645. The number of hydrogen-bond donors (Lipinski definition) is 2. The van der Waals surface area contributed by atoms with Gasteiger partial charge in [0.1, 0.15) is 0 Å². The zero-order chi connectivity index (χ0) is 13.9. The normalized spacial score (nSPS) is 13.9. The first-order chi connectivity index (χ1) is 9.01. The van der Waals surface area contributed by atoms with Crippen LogP contribution in [0.5, 0.6) is 0 Å². The molecule has 1 atom stereocenters. The summed E-state index contributed by atoms with van der Waals surface area (Å²) in [5, 5.41) is 4.10. The van der Waals surface area contributed by atoms with Crippen molar-refractivity contribution >= 4 is 5.52 Å². The fraction of sp³-hybridized carbons (Fsp3) is 0.455. The predicted octanol–water partition coefficient (Wildman–Crippen LogP) is 1.97. The van der Waals surface area contributed by atoms with Crippen LogP contribution in [0, 0.1) is 0 Å². The van der Waals surface area contributed by atoms with E-state index in [4.69, 9.17) is 5.84 Å². The summed E-state index contributed by atoms with van der Waals surface area (Å²) in [4.78, 5) is 3.97. The Morgan fingerprint density at radius 3 is 2.84 bits per heavy atom. The summed E-state index contributed by atoms with van der Waals surface area (Å²) in [5.74, 6) is 5.42. The van der Waals surface area contributed by atoms with Crippen LogP contribution in [-0.4, -0.2) is 20.8 Å². The van der Waals surface area contributed by atoms with Crippen LogP contribution in [0.15, 0.2) is 24.8 Å². The number of aromatic nitrogens is 3. The van der Waals surface area contributed by atoms with Gasteiger partial charge >= 0.3 is 6.18 Å². The van der Waals surface area contributed by atoms with Gasteiger partial charge in [0, 0.05) is 30.4 Å². The third-order valence-electron chi connectivity index (χ3n) is 2.88. The number of hydrogen-bond acceptors (Lipinski definition) is 4. The van der Waals surface area contributed by atoms with E-state index in [9.17, 15) is 13.2 Å². The number of nitrogens with one attached hydrogen (secondary N) is 1. The predicted molar refractivity (Wildman–Crippen MR) is 63.0 cm³/mol. The lowest BCUT2D eigenvalue weighted by Crippen LogP contribution is -2.28. The number of fused-ring (bicyclic) bond motifs is 1. The van der Waals surface area contributed by atoms with Crippen molar-refractivity contribution in [1.29, 1.82) is 0 Å². The monoisotopic (exact) mass is 273 g/mol. The zero-order valence-electron chi connectivity index (χ0n) is 10.1. The summed E-state index contributed by atoms with van der Waals surface area (Å²) in [6, 6.07) is -0.371. The SMILES string of the molecule is NNC(CCCC(F)(F)F)c1cnn2ccncc12. The van der Waals surface area contributed by atoms with Crippen molar-refractivity contribution in [2.24, 2.45) is 5.84 Å². The lowest BCUT2D eigenvalue weighted by atomic mass is 10.0. The average Bonchev–Trinajstić information content (AvgIpc) is 2.77. The molecule has 0 bridgehead atoms. The Hall–Kier alpha value is -1.67. The second-order valence-corrected chi connectivity index (χ2v) is 4.23. The van der Waals surface area contributed by atoms with Crippen LogP contribution in [0.1, 0.15) is 30.9 Å². The number of alkyl halides is 3. The van der Waals surface area contributed by atoms with Gasteiger partial charge in [-0.3, -0.25) is 16.3 Å². The first-order valence-corrected chi connectivity index (χ1v) is 5.81. The van der Waals surface area contributed by atoms with Gasteiger partial charge in [-0.2, -0.15) is 18.3 Å². The molecule has 1 unspecified atom stereocenters. The first-order valence-electron chi connectivity index (χ1n) is 5.81.